The maximum Gasteiger partial charge on any atom is 0.0604 e. The van der Waals surface area contributed by atoms with Crippen LogP contribution in [-0.4, -0.2) is 40.3 Å². The Morgan fingerprint density at radius 1 is 1.19 bits per heavy atom. The summed E-state index contributed by atoms with van der Waals surface area (Å²) < 4.78 is 0. The van der Waals surface area contributed by atoms with Crippen LogP contribution in [0.15, 0.2) is 24.3 Å². The van der Waals surface area contributed by atoms with Crippen molar-refractivity contribution in [1.29, 1.82) is 0 Å². The molecule has 3 nitrogen and oxygen atoms in total. The van der Waals surface area contributed by atoms with Crippen molar-refractivity contribution in [3.63, 3.8) is 0 Å². The Morgan fingerprint density at radius 3 is 2.69 bits per heavy atom. The third kappa shape index (κ3) is 2.30. The van der Waals surface area contributed by atoms with E-state index < -0.39 is 0 Å². The summed E-state index contributed by atoms with van der Waals surface area (Å²) in [6.07, 6.45) is 1.20. The number of para-hydroxylation sites is 2. The van der Waals surface area contributed by atoms with Crippen molar-refractivity contribution in [3.05, 3.63) is 24.3 Å². The SMILES string of the molecule is CNCCCN1CCN(C)c2ccccc21. The van der Waals surface area contributed by atoms with Gasteiger partial charge in [0.2, 0.25) is 0 Å². The Balaban J connectivity index is 2.09. The van der Waals surface area contributed by atoms with Gasteiger partial charge in [0.1, 0.15) is 0 Å². The highest BCUT2D eigenvalue weighted by Gasteiger charge is 2.18. The van der Waals surface area contributed by atoms with Crippen molar-refractivity contribution < 1.29 is 0 Å². The third-order valence-electron chi connectivity index (χ3n) is 3.19. The Hall–Kier alpha value is -1.22. The van der Waals surface area contributed by atoms with Crippen molar-refractivity contribution in [2.45, 2.75) is 6.42 Å². The summed E-state index contributed by atoms with van der Waals surface area (Å²) in [6.45, 7) is 4.49. The molecule has 0 fully saturated rings. The number of fused-ring (bicyclic) bond motifs is 1. The number of anilines is 2. The van der Waals surface area contributed by atoms with Gasteiger partial charge >= 0.3 is 0 Å². The number of nitrogens with zero attached hydrogens (tertiary/aromatic N) is 2. The van der Waals surface area contributed by atoms with E-state index in [-0.39, 0.29) is 0 Å². The van der Waals surface area contributed by atoms with E-state index in [4.69, 9.17) is 0 Å². The van der Waals surface area contributed by atoms with E-state index in [1.54, 1.807) is 0 Å². The summed E-state index contributed by atoms with van der Waals surface area (Å²) in [5.41, 5.74) is 2.74. The lowest BCUT2D eigenvalue weighted by atomic mass is 10.1. The van der Waals surface area contributed by atoms with Crippen LogP contribution in [0.2, 0.25) is 0 Å². The monoisotopic (exact) mass is 219 g/mol. The molecule has 88 valence electrons. The number of benzene rings is 1. The van der Waals surface area contributed by atoms with Crippen LogP contribution in [0.5, 0.6) is 0 Å². The predicted molar refractivity (Wildman–Crippen MR) is 70.5 cm³/mol. The van der Waals surface area contributed by atoms with E-state index >= 15 is 0 Å². The number of nitrogens with one attached hydrogen (secondary N) is 1. The average Bonchev–Trinajstić information content (AvgIpc) is 2.33. The summed E-state index contributed by atoms with van der Waals surface area (Å²) in [5.74, 6) is 0. The van der Waals surface area contributed by atoms with Gasteiger partial charge in [-0.25, -0.2) is 0 Å². The fraction of sp³-hybridized carbons (Fsp3) is 0.538. The van der Waals surface area contributed by atoms with Gasteiger partial charge in [-0.2, -0.15) is 0 Å². The Kier molecular flexibility index (Phi) is 3.67. The van der Waals surface area contributed by atoms with Crippen molar-refractivity contribution in [2.75, 3.05) is 50.1 Å². The molecule has 0 atom stereocenters. The van der Waals surface area contributed by atoms with Crippen LogP contribution in [0.1, 0.15) is 6.42 Å². The molecule has 16 heavy (non-hydrogen) atoms. The zero-order chi connectivity index (χ0) is 11.4. The molecule has 0 unspecified atom stereocenters. The van der Waals surface area contributed by atoms with Crippen LogP contribution in [0.3, 0.4) is 0 Å². The van der Waals surface area contributed by atoms with Gasteiger partial charge in [-0.1, -0.05) is 12.1 Å². The van der Waals surface area contributed by atoms with Gasteiger partial charge in [0.15, 0.2) is 0 Å². The summed E-state index contributed by atoms with van der Waals surface area (Å²) in [7, 11) is 4.18. The second kappa shape index (κ2) is 5.21. The van der Waals surface area contributed by atoms with Crippen LogP contribution < -0.4 is 15.1 Å². The van der Waals surface area contributed by atoms with E-state index in [9.17, 15) is 0 Å². The minimum absolute atomic E-state index is 1.09. The van der Waals surface area contributed by atoms with Gasteiger partial charge in [-0.05, 0) is 32.1 Å². The largest absolute Gasteiger partial charge is 0.371 e. The smallest absolute Gasteiger partial charge is 0.0604 e. The number of hydrogen-bond donors (Lipinski definition) is 1. The van der Waals surface area contributed by atoms with Crippen molar-refractivity contribution in [1.82, 2.24) is 5.32 Å². The van der Waals surface area contributed by atoms with Gasteiger partial charge < -0.3 is 15.1 Å². The molecule has 0 saturated heterocycles. The Morgan fingerprint density at radius 2 is 1.94 bits per heavy atom. The fourth-order valence-corrected chi connectivity index (χ4v) is 2.24. The van der Waals surface area contributed by atoms with Crippen LogP contribution in [-0.2, 0) is 0 Å². The molecular formula is C13H21N3. The first-order valence-electron chi connectivity index (χ1n) is 6.02. The van der Waals surface area contributed by atoms with E-state index in [2.05, 4.69) is 46.4 Å². The van der Waals surface area contributed by atoms with Gasteiger partial charge in [-0.15, -0.1) is 0 Å². The van der Waals surface area contributed by atoms with Crippen LogP contribution in [0, 0.1) is 0 Å². The Bertz CT molecular complexity index is 338. The molecule has 0 amide bonds. The number of likely N-dealkylation sites (N-methyl/N-ethyl adjacent to an activating group) is 1. The van der Waals surface area contributed by atoms with Gasteiger partial charge in [0, 0.05) is 26.7 Å². The zero-order valence-corrected chi connectivity index (χ0v) is 10.2. The molecule has 2 rings (SSSR count). The summed E-state index contributed by atoms with van der Waals surface area (Å²) >= 11 is 0. The lowest BCUT2D eigenvalue weighted by molar-refractivity contribution is 0.666. The summed E-state index contributed by atoms with van der Waals surface area (Å²) in [4.78, 5) is 4.83. The summed E-state index contributed by atoms with van der Waals surface area (Å²) in [6, 6.07) is 8.68. The maximum atomic E-state index is 3.20. The zero-order valence-electron chi connectivity index (χ0n) is 10.2. The summed E-state index contributed by atoms with van der Waals surface area (Å²) in [5, 5.41) is 3.20. The second-order valence-electron chi connectivity index (χ2n) is 4.35. The van der Waals surface area contributed by atoms with Crippen molar-refractivity contribution in [3.8, 4) is 0 Å². The molecule has 0 saturated carbocycles. The average molecular weight is 219 g/mol. The molecule has 1 heterocycles. The molecule has 0 bridgehead atoms. The first-order chi connectivity index (χ1) is 7.83. The van der Waals surface area contributed by atoms with Crippen molar-refractivity contribution >= 4 is 11.4 Å². The number of hydrogen-bond acceptors (Lipinski definition) is 3. The van der Waals surface area contributed by atoms with Gasteiger partial charge in [0.25, 0.3) is 0 Å². The van der Waals surface area contributed by atoms with Crippen LogP contribution in [0.25, 0.3) is 0 Å². The first kappa shape index (κ1) is 11.3. The molecule has 1 aliphatic heterocycles. The molecular weight excluding hydrogens is 198 g/mol. The topological polar surface area (TPSA) is 18.5 Å². The highest BCUT2D eigenvalue weighted by molar-refractivity contribution is 5.72. The second-order valence-corrected chi connectivity index (χ2v) is 4.35. The normalized spacial score (nSPS) is 15.1. The molecule has 1 N–H and O–H groups in total. The van der Waals surface area contributed by atoms with Crippen LogP contribution >= 0.6 is 0 Å². The predicted octanol–water partition coefficient (Wildman–Crippen LogP) is 1.55. The number of rotatable bonds is 4. The highest BCUT2D eigenvalue weighted by Crippen LogP contribution is 2.31. The van der Waals surface area contributed by atoms with E-state index in [0.717, 1.165) is 26.2 Å². The molecule has 0 spiro atoms. The third-order valence-corrected chi connectivity index (χ3v) is 3.19. The van der Waals surface area contributed by atoms with Crippen molar-refractivity contribution in [2.24, 2.45) is 0 Å². The molecule has 1 aromatic carbocycles. The van der Waals surface area contributed by atoms with E-state index in [0.29, 0.717) is 0 Å². The Labute approximate surface area is 98.0 Å². The molecule has 0 aromatic heterocycles. The minimum Gasteiger partial charge on any atom is -0.371 e. The fourth-order valence-electron chi connectivity index (χ4n) is 2.24. The highest BCUT2D eigenvalue weighted by atomic mass is 15.2. The molecule has 1 aliphatic rings. The van der Waals surface area contributed by atoms with Crippen LogP contribution in [0.4, 0.5) is 11.4 Å². The first-order valence-corrected chi connectivity index (χ1v) is 6.02. The quantitative estimate of drug-likeness (QED) is 0.775. The molecule has 1 aromatic rings. The lowest BCUT2D eigenvalue weighted by Crippen LogP contribution is -2.40. The lowest BCUT2D eigenvalue weighted by Gasteiger charge is -2.37. The van der Waals surface area contributed by atoms with E-state index in [1.807, 2.05) is 7.05 Å². The van der Waals surface area contributed by atoms with Gasteiger partial charge in [-0.3, -0.25) is 0 Å². The molecule has 3 heteroatoms. The van der Waals surface area contributed by atoms with E-state index in [1.165, 1.54) is 17.8 Å². The van der Waals surface area contributed by atoms with Gasteiger partial charge in [0.05, 0.1) is 11.4 Å². The standard InChI is InChI=1S/C13H21N3/c1-14-8-5-9-16-11-10-15(2)12-6-3-4-7-13(12)16/h3-4,6-7,14H,5,8-11H2,1-2H3. The molecule has 0 radical (unpaired) electrons. The maximum absolute atomic E-state index is 3.20. The minimum atomic E-state index is 1.09. The molecule has 0 aliphatic carbocycles.